The first kappa shape index (κ1) is 24.6. The number of H-pyrrole nitrogens is 1. The molecule has 0 aliphatic carbocycles. The molecule has 0 radical (unpaired) electrons. The standard InChI is InChI=1S/C25H27FN4O4S/c1-6-27-23(31)16-10-14-15(12-30(5)24(32)20(14)29-16)21-17(11-18(35-21)25(3,4)33)34-22(26)19-13(2)8-7-9-28-19/h7-12,22,29,33H,6H2,1-5H3,(H,27,31). The number of fused-ring (bicyclic) bond motifs is 1. The van der Waals surface area contributed by atoms with Gasteiger partial charge in [-0.3, -0.25) is 14.6 Å². The highest BCUT2D eigenvalue weighted by atomic mass is 32.1. The molecule has 184 valence electrons. The number of thiophene rings is 1. The Bertz CT molecular complexity index is 1460. The van der Waals surface area contributed by atoms with E-state index in [9.17, 15) is 14.7 Å². The number of hydrogen-bond acceptors (Lipinski definition) is 6. The van der Waals surface area contributed by atoms with Crippen molar-refractivity contribution in [2.75, 3.05) is 6.54 Å². The lowest BCUT2D eigenvalue weighted by molar-refractivity contribution is 0.0615. The SMILES string of the molecule is CCNC(=O)c1cc2c(-c3sc(C(C)(C)O)cc3OC(F)c3ncccc3C)cn(C)c(=O)c2[nH]1. The van der Waals surface area contributed by atoms with Gasteiger partial charge in [0, 0.05) is 41.8 Å². The van der Waals surface area contributed by atoms with Crippen molar-refractivity contribution in [2.24, 2.45) is 7.05 Å². The first-order chi connectivity index (χ1) is 16.5. The third-order valence-corrected chi connectivity index (χ3v) is 7.05. The quantitative estimate of drug-likeness (QED) is 0.352. The van der Waals surface area contributed by atoms with Crippen molar-refractivity contribution in [1.29, 1.82) is 0 Å². The summed E-state index contributed by atoms with van der Waals surface area (Å²) in [5.74, 6) is -0.142. The molecule has 3 N–H and O–H groups in total. The molecular weight excluding hydrogens is 471 g/mol. The van der Waals surface area contributed by atoms with Crippen molar-refractivity contribution >= 4 is 28.1 Å². The molecule has 1 atom stereocenters. The van der Waals surface area contributed by atoms with E-state index in [1.807, 2.05) is 0 Å². The topological polar surface area (TPSA) is 109 Å². The van der Waals surface area contributed by atoms with Crippen LogP contribution in [0.5, 0.6) is 5.75 Å². The molecule has 0 spiro atoms. The number of alkyl halides is 1. The minimum absolute atomic E-state index is 0.153. The Labute approximate surface area is 205 Å². The van der Waals surface area contributed by atoms with Crippen LogP contribution >= 0.6 is 11.3 Å². The van der Waals surface area contributed by atoms with Crippen molar-refractivity contribution in [3.05, 3.63) is 68.8 Å². The minimum atomic E-state index is -1.85. The van der Waals surface area contributed by atoms with Crippen LogP contribution in [0.15, 0.2) is 41.5 Å². The molecule has 35 heavy (non-hydrogen) atoms. The molecule has 4 aromatic rings. The third kappa shape index (κ3) is 4.71. The van der Waals surface area contributed by atoms with Crippen molar-refractivity contribution < 1.29 is 19.0 Å². The number of amides is 1. The van der Waals surface area contributed by atoms with E-state index in [0.717, 1.165) is 0 Å². The maximum Gasteiger partial charge on any atom is 0.281 e. The number of hydrogen-bond donors (Lipinski definition) is 3. The Hall–Kier alpha value is -3.50. The summed E-state index contributed by atoms with van der Waals surface area (Å²) < 4.78 is 22.4. The van der Waals surface area contributed by atoms with Crippen LogP contribution < -0.4 is 15.6 Å². The Morgan fingerprint density at radius 3 is 2.80 bits per heavy atom. The molecule has 8 nitrogen and oxygen atoms in total. The monoisotopic (exact) mass is 498 g/mol. The lowest BCUT2D eigenvalue weighted by atomic mass is 10.1. The second-order valence-electron chi connectivity index (χ2n) is 8.79. The number of ether oxygens (including phenoxy) is 1. The number of rotatable bonds is 7. The Balaban J connectivity index is 1.90. The molecule has 4 rings (SSSR count). The molecule has 0 saturated heterocycles. The highest BCUT2D eigenvalue weighted by Gasteiger charge is 2.27. The van der Waals surface area contributed by atoms with Crippen LogP contribution in [-0.2, 0) is 12.6 Å². The molecule has 0 bridgehead atoms. The molecule has 4 aromatic heterocycles. The number of carbonyl (C=O) groups is 1. The highest BCUT2D eigenvalue weighted by Crippen LogP contribution is 2.45. The molecule has 0 aliphatic rings. The lowest BCUT2D eigenvalue weighted by Crippen LogP contribution is -2.23. The number of halogens is 1. The zero-order valence-electron chi connectivity index (χ0n) is 20.1. The molecule has 0 aliphatic heterocycles. The van der Waals surface area contributed by atoms with E-state index in [1.165, 1.54) is 22.1 Å². The van der Waals surface area contributed by atoms with Gasteiger partial charge in [0.15, 0.2) is 0 Å². The van der Waals surface area contributed by atoms with Crippen LogP contribution in [0, 0.1) is 6.92 Å². The van der Waals surface area contributed by atoms with Gasteiger partial charge in [0.2, 0.25) is 0 Å². The molecular formula is C25H27FN4O4S. The second-order valence-corrected chi connectivity index (χ2v) is 9.84. The lowest BCUT2D eigenvalue weighted by Gasteiger charge is -2.14. The summed E-state index contributed by atoms with van der Waals surface area (Å²) in [6.45, 7) is 7.23. The summed E-state index contributed by atoms with van der Waals surface area (Å²) in [4.78, 5) is 33.3. The van der Waals surface area contributed by atoms with Gasteiger partial charge in [-0.2, -0.15) is 4.39 Å². The first-order valence-corrected chi connectivity index (χ1v) is 11.9. The van der Waals surface area contributed by atoms with Crippen LogP contribution in [-0.4, -0.2) is 32.1 Å². The van der Waals surface area contributed by atoms with Crippen LogP contribution in [0.3, 0.4) is 0 Å². The van der Waals surface area contributed by atoms with Crippen LogP contribution in [0.4, 0.5) is 4.39 Å². The predicted octanol–water partition coefficient (Wildman–Crippen LogP) is 4.32. The maximum absolute atomic E-state index is 15.3. The molecule has 1 amide bonds. The fraction of sp³-hybridized carbons (Fsp3) is 0.320. The zero-order valence-corrected chi connectivity index (χ0v) is 20.9. The van der Waals surface area contributed by atoms with E-state index in [2.05, 4.69) is 15.3 Å². The Morgan fingerprint density at radius 1 is 1.40 bits per heavy atom. The van der Waals surface area contributed by atoms with Crippen LogP contribution in [0.1, 0.15) is 53.8 Å². The average Bonchev–Trinajstić information content (AvgIpc) is 3.42. The van der Waals surface area contributed by atoms with Gasteiger partial charge >= 0.3 is 0 Å². The third-order valence-electron chi connectivity index (χ3n) is 5.59. The minimum Gasteiger partial charge on any atom is -0.453 e. The summed E-state index contributed by atoms with van der Waals surface area (Å²) in [5.41, 5.74) is 0.315. The number of nitrogens with one attached hydrogen (secondary N) is 2. The molecule has 1 unspecified atom stereocenters. The van der Waals surface area contributed by atoms with E-state index in [1.54, 1.807) is 65.2 Å². The van der Waals surface area contributed by atoms with E-state index in [0.29, 0.717) is 32.8 Å². The predicted molar refractivity (Wildman–Crippen MR) is 134 cm³/mol. The van der Waals surface area contributed by atoms with Crippen LogP contribution in [0.25, 0.3) is 21.3 Å². The largest absolute Gasteiger partial charge is 0.453 e. The number of nitrogens with zero attached hydrogens (tertiary/aromatic N) is 2. The van der Waals surface area contributed by atoms with Gasteiger partial charge in [-0.05, 0) is 51.5 Å². The number of aliphatic hydroxyl groups is 1. The maximum atomic E-state index is 15.3. The molecule has 0 saturated carbocycles. The molecule has 0 aromatic carbocycles. The van der Waals surface area contributed by atoms with Crippen molar-refractivity contribution in [2.45, 2.75) is 39.7 Å². The fourth-order valence-corrected chi connectivity index (χ4v) is 4.86. The van der Waals surface area contributed by atoms with Gasteiger partial charge in [-0.25, -0.2) is 0 Å². The Morgan fingerprint density at radius 2 is 2.14 bits per heavy atom. The van der Waals surface area contributed by atoms with Crippen LogP contribution in [0.2, 0.25) is 0 Å². The first-order valence-electron chi connectivity index (χ1n) is 11.1. The number of aryl methyl sites for hydroxylation is 2. The van der Waals surface area contributed by atoms with Crippen molar-refractivity contribution in [3.63, 3.8) is 0 Å². The number of carbonyl (C=O) groups excluding carboxylic acids is 1. The van der Waals surface area contributed by atoms with Gasteiger partial charge in [0.1, 0.15) is 22.7 Å². The van der Waals surface area contributed by atoms with E-state index in [-0.39, 0.29) is 34.1 Å². The second kappa shape index (κ2) is 9.27. The molecule has 10 heteroatoms. The van der Waals surface area contributed by atoms with Gasteiger partial charge in [0.25, 0.3) is 17.8 Å². The number of aromatic amines is 1. The fourth-order valence-electron chi connectivity index (χ4n) is 3.75. The zero-order chi connectivity index (χ0) is 25.5. The highest BCUT2D eigenvalue weighted by molar-refractivity contribution is 7.16. The Kier molecular flexibility index (Phi) is 6.52. The summed E-state index contributed by atoms with van der Waals surface area (Å²) in [6.07, 6.45) is 1.26. The van der Waals surface area contributed by atoms with Gasteiger partial charge < -0.3 is 24.7 Å². The summed E-state index contributed by atoms with van der Waals surface area (Å²) >= 11 is 1.23. The van der Waals surface area contributed by atoms with Crippen molar-refractivity contribution in [1.82, 2.24) is 19.9 Å². The smallest absolute Gasteiger partial charge is 0.281 e. The van der Waals surface area contributed by atoms with Gasteiger partial charge in [-0.1, -0.05) is 6.07 Å². The van der Waals surface area contributed by atoms with E-state index in [4.69, 9.17) is 4.74 Å². The number of aromatic nitrogens is 3. The van der Waals surface area contributed by atoms with E-state index < -0.39 is 12.0 Å². The summed E-state index contributed by atoms with van der Waals surface area (Å²) in [5, 5.41) is 13.9. The molecule has 4 heterocycles. The van der Waals surface area contributed by atoms with E-state index >= 15 is 4.39 Å². The number of pyridine rings is 2. The molecule has 0 fully saturated rings. The van der Waals surface area contributed by atoms with Gasteiger partial charge in [0.05, 0.1) is 10.5 Å². The average molecular weight is 499 g/mol. The normalized spacial score (nSPS) is 12.7. The summed E-state index contributed by atoms with van der Waals surface area (Å²) in [6, 6.07) is 6.65. The summed E-state index contributed by atoms with van der Waals surface area (Å²) in [7, 11) is 1.60. The van der Waals surface area contributed by atoms with Crippen molar-refractivity contribution in [3.8, 4) is 16.2 Å². The van der Waals surface area contributed by atoms with Gasteiger partial charge in [-0.15, -0.1) is 11.3 Å².